The molecule has 74 valence electrons. The normalized spacial score (nSPS) is 9.67. The van der Waals surface area contributed by atoms with E-state index in [0.717, 1.165) is 3.57 Å². The maximum absolute atomic E-state index is 8.36. The molecule has 0 fully saturated rings. The fraction of sp³-hybridized carbons (Fsp3) is 0. The zero-order valence-corrected chi connectivity index (χ0v) is 9.48. The molecular formula is C7H4IN7. The highest BCUT2D eigenvalue weighted by Gasteiger charge is 2.06. The van der Waals surface area contributed by atoms with Crippen LogP contribution in [0, 0.1) is 3.57 Å². The Labute approximate surface area is 97.9 Å². The summed E-state index contributed by atoms with van der Waals surface area (Å²) in [6, 6.07) is 0. The third kappa shape index (κ3) is 2.05. The van der Waals surface area contributed by atoms with Crippen LogP contribution >= 0.6 is 22.6 Å². The van der Waals surface area contributed by atoms with Crippen molar-refractivity contribution in [3.05, 3.63) is 38.8 Å². The molecule has 0 aliphatic heterocycles. The standard InChI is InChI=1S/C7H4IN7/c8-5-3-12-15(4-5)7-6(13-14-9)10-1-2-11-7/h1-4H. The molecule has 0 bridgehead atoms. The molecule has 0 spiro atoms. The van der Waals surface area contributed by atoms with Crippen LogP contribution < -0.4 is 0 Å². The Morgan fingerprint density at radius 1 is 1.40 bits per heavy atom. The Hall–Kier alpha value is -1.67. The second-order valence-corrected chi connectivity index (χ2v) is 3.74. The van der Waals surface area contributed by atoms with E-state index in [9.17, 15) is 0 Å². The first-order chi connectivity index (χ1) is 7.31. The molecule has 2 aromatic rings. The molecule has 2 rings (SSSR count). The molecule has 2 aromatic heterocycles. The van der Waals surface area contributed by atoms with E-state index in [0.29, 0.717) is 5.82 Å². The topological polar surface area (TPSA) is 92.4 Å². The second kappa shape index (κ2) is 4.24. The van der Waals surface area contributed by atoms with Gasteiger partial charge >= 0.3 is 0 Å². The lowest BCUT2D eigenvalue weighted by molar-refractivity contribution is 0.837. The maximum atomic E-state index is 8.36. The van der Waals surface area contributed by atoms with Gasteiger partial charge < -0.3 is 0 Å². The molecule has 0 unspecified atom stereocenters. The Morgan fingerprint density at radius 3 is 2.87 bits per heavy atom. The number of halogens is 1. The smallest absolute Gasteiger partial charge is 0.181 e. The molecule has 0 aliphatic carbocycles. The number of hydrogen-bond acceptors (Lipinski definition) is 4. The third-order valence-corrected chi connectivity index (χ3v) is 2.12. The van der Waals surface area contributed by atoms with Crippen LogP contribution in [0.25, 0.3) is 16.3 Å². The van der Waals surface area contributed by atoms with Gasteiger partial charge in [-0.05, 0) is 33.2 Å². The van der Waals surface area contributed by atoms with E-state index < -0.39 is 0 Å². The lowest BCUT2D eigenvalue weighted by Gasteiger charge is -2.01. The summed E-state index contributed by atoms with van der Waals surface area (Å²) in [7, 11) is 0. The van der Waals surface area contributed by atoms with Gasteiger partial charge in [-0.15, -0.1) is 0 Å². The molecule has 0 saturated carbocycles. The number of hydrogen-bond donors (Lipinski definition) is 0. The van der Waals surface area contributed by atoms with Crippen molar-refractivity contribution < 1.29 is 0 Å². The van der Waals surface area contributed by atoms with Crippen LogP contribution in [0.2, 0.25) is 0 Å². The van der Waals surface area contributed by atoms with E-state index in [4.69, 9.17) is 5.53 Å². The van der Waals surface area contributed by atoms with Gasteiger partial charge in [-0.25, -0.2) is 14.6 Å². The van der Waals surface area contributed by atoms with Crippen molar-refractivity contribution in [2.45, 2.75) is 0 Å². The first kappa shape index (κ1) is 9.87. The molecule has 15 heavy (non-hydrogen) atoms. The summed E-state index contributed by atoms with van der Waals surface area (Å²) in [5, 5.41) is 7.49. The van der Waals surface area contributed by atoms with Crippen LogP contribution in [0.3, 0.4) is 0 Å². The minimum Gasteiger partial charge on any atom is -0.249 e. The van der Waals surface area contributed by atoms with Gasteiger partial charge in [0.25, 0.3) is 0 Å². The van der Waals surface area contributed by atoms with Crippen molar-refractivity contribution in [2.75, 3.05) is 0 Å². The second-order valence-electron chi connectivity index (χ2n) is 2.50. The highest BCUT2D eigenvalue weighted by Crippen LogP contribution is 2.17. The highest BCUT2D eigenvalue weighted by atomic mass is 127. The lowest BCUT2D eigenvalue weighted by atomic mass is 10.6. The Morgan fingerprint density at radius 2 is 2.20 bits per heavy atom. The van der Waals surface area contributed by atoms with Gasteiger partial charge in [0.05, 0.1) is 9.77 Å². The van der Waals surface area contributed by atoms with Gasteiger partial charge in [0.15, 0.2) is 11.6 Å². The lowest BCUT2D eigenvalue weighted by Crippen LogP contribution is -1.98. The molecule has 8 heteroatoms. The molecule has 0 atom stereocenters. The number of nitrogens with zero attached hydrogens (tertiary/aromatic N) is 7. The first-order valence-corrected chi connectivity index (χ1v) is 4.96. The van der Waals surface area contributed by atoms with Crippen molar-refractivity contribution in [2.24, 2.45) is 5.11 Å². The molecule has 7 nitrogen and oxygen atoms in total. The summed E-state index contributed by atoms with van der Waals surface area (Å²) in [6.07, 6.45) is 6.42. The van der Waals surface area contributed by atoms with Crippen LogP contribution in [-0.2, 0) is 0 Å². The van der Waals surface area contributed by atoms with Gasteiger partial charge in [-0.2, -0.15) is 5.10 Å². The Bertz CT molecular complexity index is 528. The van der Waals surface area contributed by atoms with Crippen molar-refractivity contribution >= 4 is 28.4 Å². The Balaban J connectivity index is 2.56. The third-order valence-electron chi connectivity index (χ3n) is 1.57. The van der Waals surface area contributed by atoms with Gasteiger partial charge in [0, 0.05) is 23.5 Å². The van der Waals surface area contributed by atoms with E-state index in [1.54, 1.807) is 12.4 Å². The zero-order chi connectivity index (χ0) is 10.7. The molecule has 0 radical (unpaired) electrons. The van der Waals surface area contributed by atoms with Crippen LogP contribution in [0.4, 0.5) is 5.82 Å². The fourth-order valence-electron chi connectivity index (χ4n) is 1.01. The van der Waals surface area contributed by atoms with Crippen molar-refractivity contribution in [3.63, 3.8) is 0 Å². The number of aromatic nitrogens is 4. The molecular weight excluding hydrogens is 309 g/mol. The average molecular weight is 313 g/mol. The number of azide groups is 1. The van der Waals surface area contributed by atoms with Crippen LogP contribution in [-0.4, -0.2) is 19.7 Å². The van der Waals surface area contributed by atoms with E-state index >= 15 is 0 Å². The molecule has 0 amide bonds. The maximum Gasteiger partial charge on any atom is 0.181 e. The van der Waals surface area contributed by atoms with Gasteiger partial charge in [0.1, 0.15) is 0 Å². The summed E-state index contributed by atoms with van der Waals surface area (Å²) < 4.78 is 2.48. The summed E-state index contributed by atoms with van der Waals surface area (Å²) in [4.78, 5) is 10.6. The van der Waals surface area contributed by atoms with E-state index in [-0.39, 0.29) is 5.82 Å². The number of rotatable bonds is 2. The monoisotopic (exact) mass is 313 g/mol. The van der Waals surface area contributed by atoms with Gasteiger partial charge in [-0.3, -0.25) is 0 Å². The summed E-state index contributed by atoms with van der Waals surface area (Å²) >= 11 is 2.13. The van der Waals surface area contributed by atoms with Crippen molar-refractivity contribution in [1.82, 2.24) is 19.7 Å². The SMILES string of the molecule is [N-]=[N+]=Nc1nccnc1-n1cc(I)cn1. The van der Waals surface area contributed by atoms with Gasteiger partial charge in [0.2, 0.25) is 0 Å². The predicted molar refractivity (Wildman–Crippen MR) is 60.7 cm³/mol. The minimum atomic E-state index is 0.208. The molecule has 2 heterocycles. The van der Waals surface area contributed by atoms with Crippen molar-refractivity contribution in [1.29, 1.82) is 0 Å². The van der Waals surface area contributed by atoms with Gasteiger partial charge in [-0.1, -0.05) is 0 Å². The predicted octanol–water partition coefficient (Wildman–Crippen LogP) is 2.21. The summed E-state index contributed by atoms with van der Waals surface area (Å²) in [6.45, 7) is 0. The minimum absolute atomic E-state index is 0.208. The quantitative estimate of drug-likeness (QED) is 0.368. The summed E-state index contributed by atoms with van der Waals surface area (Å²) in [5.41, 5.74) is 8.36. The Kier molecular flexibility index (Phi) is 2.79. The van der Waals surface area contributed by atoms with E-state index in [1.807, 2.05) is 0 Å². The van der Waals surface area contributed by atoms with Crippen LogP contribution in [0.15, 0.2) is 29.9 Å². The molecule has 0 saturated heterocycles. The van der Waals surface area contributed by atoms with Crippen molar-refractivity contribution in [3.8, 4) is 5.82 Å². The van der Waals surface area contributed by atoms with Crippen LogP contribution in [0.1, 0.15) is 0 Å². The molecule has 0 N–H and O–H groups in total. The van der Waals surface area contributed by atoms with Crippen LogP contribution in [0.5, 0.6) is 0 Å². The largest absolute Gasteiger partial charge is 0.249 e. The zero-order valence-electron chi connectivity index (χ0n) is 7.32. The average Bonchev–Trinajstić information content (AvgIpc) is 2.66. The summed E-state index contributed by atoms with van der Waals surface area (Å²) in [5.74, 6) is 0.623. The molecule has 0 aliphatic rings. The van der Waals surface area contributed by atoms with E-state index in [2.05, 4.69) is 47.7 Å². The highest BCUT2D eigenvalue weighted by molar-refractivity contribution is 14.1. The fourth-order valence-corrected chi connectivity index (χ4v) is 1.40. The van der Waals surface area contributed by atoms with E-state index in [1.165, 1.54) is 17.1 Å². The first-order valence-electron chi connectivity index (χ1n) is 3.88. The molecule has 0 aromatic carbocycles.